The number of aromatic nitrogens is 1. The number of aryl methyl sites for hydroxylation is 1. The van der Waals surface area contributed by atoms with Crippen LogP contribution in [0.3, 0.4) is 0 Å². The first-order valence-corrected chi connectivity index (χ1v) is 6.14. The number of nitrogens with two attached hydrogens (primary N) is 1. The summed E-state index contributed by atoms with van der Waals surface area (Å²) in [5.74, 6) is 7.38. The van der Waals surface area contributed by atoms with Crippen molar-refractivity contribution in [1.82, 2.24) is 10.4 Å². The summed E-state index contributed by atoms with van der Waals surface area (Å²) in [6.45, 7) is 1.92. The Morgan fingerprint density at radius 1 is 1.21 bits per heavy atom. The third kappa shape index (κ3) is 2.12. The van der Waals surface area contributed by atoms with E-state index < -0.39 is 0 Å². The van der Waals surface area contributed by atoms with E-state index in [0.717, 1.165) is 27.9 Å². The van der Waals surface area contributed by atoms with E-state index >= 15 is 0 Å². The molecule has 1 unspecified atom stereocenters. The molecule has 0 saturated heterocycles. The molecule has 0 bridgehead atoms. The van der Waals surface area contributed by atoms with Gasteiger partial charge in [-0.2, -0.15) is 0 Å². The Labute approximate surface area is 111 Å². The zero-order valence-corrected chi connectivity index (χ0v) is 10.6. The molecule has 0 spiro atoms. The third-order valence-electron chi connectivity index (χ3n) is 3.24. The lowest BCUT2D eigenvalue weighted by Crippen LogP contribution is -2.28. The van der Waals surface area contributed by atoms with Gasteiger partial charge in [-0.15, -0.1) is 0 Å². The first kappa shape index (κ1) is 11.9. The summed E-state index contributed by atoms with van der Waals surface area (Å²) in [6.07, 6.45) is 3.64. The molecule has 0 amide bonds. The van der Waals surface area contributed by atoms with E-state index in [0.29, 0.717) is 0 Å². The van der Waals surface area contributed by atoms with Crippen LogP contribution in [0.15, 0.2) is 53.2 Å². The number of hydrazine groups is 1. The minimum atomic E-state index is -0.179. The normalized spacial score (nSPS) is 12.7. The smallest absolute Gasteiger partial charge is 0.126 e. The second-order valence-electron chi connectivity index (χ2n) is 4.49. The monoisotopic (exact) mass is 253 g/mol. The van der Waals surface area contributed by atoms with Gasteiger partial charge in [0.15, 0.2) is 0 Å². The van der Waals surface area contributed by atoms with Crippen molar-refractivity contribution in [3.63, 3.8) is 0 Å². The molecule has 0 aliphatic rings. The van der Waals surface area contributed by atoms with Gasteiger partial charge in [0.1, 0.15) is 17.6 Å². The lowest BCUT2D eigenvalue weighted by molar-refractivity contribution is 0.436. The maximum absolute atomic E-state index is 5.71. The van der Waals surface area contributed by atoms with Crippen LogP contribution in [0.4, 0.5) is 0 Å². The van der Waals surface area contributed by atoms with E-state index in [1.54, 1.807) is 6.20 Å². The second-order valence-corrected chi connectivity index (χ2v) is 4.49. The average Bonchev–Trinajstić information content (AvgIpc) is 2.86. The van der Waals surface area contributed by atoms with Crippen LogP contribution >= 0.6 is 0 Å². The zero-order valence-electron chi connectivity index (χ0n) is 10.6. The number of pyridine rings is 1. The molecular weight excluding hydrogens is 238 g/mol. The Kier molecular flexibility index (Phi) is 3.03. The summed E-state index contributed by atoms with van der Waals surface area (Å²) in [6, 6.07) is 11.8. The van der Waals surface area contributed by atoms with Gasteiger partial charge < -0.3 is 4.42 Å². The summed E-state index contributed by atoms with van der Waals surface area (Å²) in [7, 11) is 0. The van der Waals surface area contributed by atoms with Gasteiger partial charge in [0.25, 0.3) is 0 Å². The van der Waals surface area contributed by atoms with Gasteiger partial charge in [0, 0.05) is 17.8 Å². The highest BCUT2D eigenvalue weighted by atomic mass is 16.3. The number of hydrogen-bond donors (Lipinski definition) is 2. The minimum absolute atomic E-state index is 0.179. The van der Waals surface area contributed by atoms with E-state index in [2.05, 4.69) is 16.5 Å². The fraction of sp³-hybridized carbons (Fsp3) is 0.133. The van der Waals surface area contributed by atoms with E-state index in [4.69, 9.17) is 10.3 Å². The molecule has 3 aromatic rings. The van der Waals surface area contributed by atoms with Crippen LogP contribution in [0.5, 0.6) is 0 Å². The molecule has 4 heteroatoms. The quantitative estimate of drug-likeness (QED) is 0.556. The largest absolute Gasteiger partial charge is 0.464 e. The Morgan fingerprint density at radius 2 is 2.11 bits per heavy atom. The molecule has 0 fully saturated rings. The molecule has 2 aromatic heterocycles. The SMILES string of the molecule is Cc1ccc(C(NN)c2cccc3ccncc23)o1. The van der Waals surface area contributed by atoms with E-state index in [1.807, 2.05) is 43.5 Å². The third-order valence-corrected chi connectivity index (χ3v) is 3.24. The van der Waals surface area contributed by atoms with Crippen LogP contribution in [-0.4, -0.2) is 4.98 Å². The molecule has 1 atom stereocenters. The van der Waals surface area contributed by atoms with Crippen LogP contribution in [0, 0.1) is 6.92 Å². The predicted octanol–water partition coefficient (Wildman–Crippen LogP) is 2.69. The van der Waals surface area contributed by atoms with Crippen molar-refractivity contribution in [2.75, 3.05) is 0 Å². The number of nitrogens with zero attached hydrogens (tertiary/aromatic N) is 1. The molecule has 0 saturated carbocycles. The van der Waals surface area contributed by atoms with Gasteiger partial charge in [-0.3, -0.25) is 10.8 Å². The summed E-state index contributed by atoms with van der Waals surface area (Å²) in [4.78, 5) is 4.19. The first-order valence-electron chi connectivity index (χ1n) is 6.14. The van der Waals surface area contributed by atoms with Gasteiger partial charge in [-0.05, 0) is 36.1 Å². The fourth-order valence-electron chi connectivity index (χ4n) is 2.32. The summed E-state index contributed by atoms with van der Waals surface area (Å²) in [5.41, 5.74) is 3.88. The highest BCUT2D eigenvalue weighted by molar-refractivity contribution is 5.85. The zero-order chi connectivity index (χ0) is 13.2. The molecule has 0 aliphatic heterocycles. The molecule has 4 nitrogen and oxygen atoms in total. The Bertz CT molecular complexity index is 700. The van der Waals surface area contributed by atoms with Gasteiger partial charge in [-0.1, -0.05) is 18.2 Å². The van der Waals surface area contributed by atoms with Crippen molar-refractivity contribution in [1.29, 1.82) is 0 Å². The van der Waals surface area contributed by atoms with Crippen LogP contribution in [-0.2, 0) is 0 Å². The molecule has 1 aromatic carbocycles. The maximum Gasteiger partial charge on any atom is 0.126 e. The van der Waals surface area contributed by atoms with Crippen molar-refractivity contribution in [2.45, 2.75) is 13.0 Å². The van der Waals surface area contributed by atoms with Crippen LogP contribution in [0.2, 0.25) is 0 Å². The van der Waals surface area contributed by atoms with Crippen molar-refractivity contribution in [3.05, 3.63) is 65.9 Å². The lowest BCUT2D eigenvalue weighted by Gasteiger charge is -2.16. The number of hydrogen-bond acceptors (Lipinski definition) is 4. The van der Waals surface area contributed by atoms with E-state index in [-0.39, 0.29) is 6.04 Å². The molecule has 3 rings (SSSR count). The van der Waals surface area contributed by atoms with Gasteiger partial charge >= 0.3 is 0 Å². The molecular formula is C15H15N3O. The number of fused-ring (bicyclic) bond motifs is 1. The number of benzene rings is 1. The lowest BCUT2D eigenvalue weighted by atomic mass is 9.99. The van der Waals surface area contributed by atoms with Crippen molar-refractivity contribution < 1.29 is 4.42 Å². The predicted molar refractivity (Wildman–Crippen MR) is 74.4 cm³/mol. The number of rotatable bonds is 3. The fourth-order valence-corrected chi connectivity index (χ4v) is 2.32. The Balaban J connectivity index is 2.16. The Hall–Kier alpha value is -2.17. The number of nitrogens with one attached hydrogen (secondary N) is 1. The topological polar surface area (TPSA) is 64.1 Å². The van der Waals surface area contributed by atoms with Gasteiger partial charge in [-0.25, -0.2) is 5.43 Å². The average molecular weight is 253 g/mol. The maximum atomic E-state index is 5.71. The standard InChI is InChI=1S/C15H15N3O/c1-10-5-6-14(19-10)15(18-16)12-4-2-3-11-7-8-17-9-13(11)12/h2-9,15,18H,16H2,1H3. The van der Waals surface area contributed by atoms with Gasteiger partial charge in [0.05, 0.1) is 0 Å². The van der Waals surface area contributed by atoms with E-state index in [9.17, 15) is 0 Å². The molecule has 19 heavy (non-hydrogen) atoms. The van der Waals surface area contributed by atoms with Gasteiger partial charge in [0.2, 0.25) is 0 Å². The number of furan rings is 1. The van der Waals surface area contributed by atoms with Crippen molar-refractivity contribution in [2.24, 2.45) is 5.84 Å². The molecule has 0 aliphatic carbocycles. The molecule has 3 N–H and O–H groups in total. The Morgan fingerprint density at radius 3 is 2.84 bits per heavy atom. The highest BCUT2D eigenvalue weighted by Crippen LogP contribution is 2.28. The van der Waals surface area contributed by atoms with Crippen LogP contribution in [0.1, 0.15) is 23.1 Å². The van der Waals surface area contributed by atoms with Crippen molar-refractivity contribution >= 4 is 10.8 Å². The first-order chi connectivity index (χ1) is 9.29. The van der Waals surface area contributed by atoms with Crippen LogP contribution < -0.4 is 11.3 Å². The molecule has 2 heterocycles. The summed E-state index contributed by atoms with van der Waals surface area (Å²) in [5, 5.41) is 2.21. The summed E-state index contributed by atoms with van der Waals surface area (Å²) < 4.78 is 5.68. The minimum Gasteiger partial charge on any atom is -0.464 e. The molecule has 96 valence electrons. The van der Waals surface area contributed by atoms with E-state index in [1.165, 1.54) is 0 Å². The van der Waals surface area contributed by atoms with Crippen LogP contribution in [0.25, 0.3) is 10.8 Å². The second kappa shape index (κ2) is 4.84. The summed E-state index contributed by atoms with van der Waals surface area (Å²) >= 11 is 0. The van der Waals surface area contributed by atoms with Crippen molar-refractivity contribution in [3.8, 4) is 0 Å². The molecule has 0 radical (unpaired) electrons. The highest BCUT2D eigenvalue weighted by Gasteiger charge is 2.18.